The largest absolute Gasteiger partial charge is 0.488 e. The summed E-state index contributed by atoms with van der Waals surface area (Å²) in [4.78, 5) is 0.114. The van der Waals surface area contributed by atoms with E-state index in [0.29, 0.717) is 18.0 Å². The average molecular weight is 277 g/mol. The minimum Gasteiger partial charge on any atom is -0.488 e. The second kappa shape index (κ2) is 5.32. The van der Waals surface area contributed by atoms with Crippen molar-refractivity contribution in [3.05, 3.63) is 54.1 Å². The van der Waals surface area contributed by atoms with Crippen LogP contribution in [0.1, 0.15) is 5.56 Å². The van der Waals surface area contributed by atoms with Gasteiger partial charge in [-0.2, -0.15) is 0 Å². The number of ether oxygens (including phenoxy) is 1. The summed E-state index contributed by atoms with van der Waals surface area (Å²) < 4.78 is 28.9. The summed E-state index contributed by atoms with van der Waals surface area (Å²) in [6, 6.07) is 14.2. The number of hydrogen-bond acceptors (Lipinski definition) is 4. The van der Waals surface area contributed by atoms with Gasteiger partial charge in [-0.1, -0.05) is 30.3 Å². The lowest BCUT2D eigenvalue weighted by Crippen LogP contribution is -2.04. The van der Waals surface area contributed by atoms with Crippen LogP contribution in [0.5, 0.6) is 5.75 Å². The van der Waals surface area contributed by atoms with E-state index in [1.54, 1.807) is 12.1 Å². The summed E-state index contributed by atoms with van der Waals surface area (Å²) in [7, 11) is -3.37. The van der Waals surface area contributed by atoms with Gasteiger partial charge in [0.1, 0.15) is 17.3 Å². The highest BCUT2D eigenvalue weighted by molar-refractivity contribution is 7.90. The molecule has 2 aromatic rings. The molecule has 2 aromatic carbocycles. The number of benzene rings is 2. The second-order valence-electron chi connectivity index (χ2n) is 4.25. The molecule has 0 saturated carbocycles. The van der Waals surface area contributed by atoms with Crippen molar-refractivity contribution in [3.63, 3.8) is 0 Å². The Hall–Kier alpha value is -2.01. The molecule has 100 valence electrons. The standard InChI is InChI=1S/C14H15NO3S/c1-19(16,17)14-9-12(15)7-8-13(14)18-10-11-5-3-2-4-6-11/h2-9H,10,15H2,1H3. The minimum absolute atomic E-state index is 0.114. The zero-order chi connectivity index (χ0) is 13.9. The normalized spacial score (nSPS) is 11.2. The number of nitrogens with two attached hydrogens (primary N) is 1. The predicted octanol–water partition coefficient (Wildman–Crippen LogP) is 2.25. The van der Waals surface area contributed by atoms with Gasteiger partial charge in [0.05, 0.1) is 0 Å². The van der Waals surface area contributed by atoms with E-state index in [9.17, 15) is 8.42 Å². The Labute approximate surface area is 112 Å². The molecule has 19 heavy (non-hydrogen) atoms. The summed E-state index contributed by atoms with van der Waals surface area (Å²) in [5, 5.41) is 0. The number of rotatable bonds is 4. The first-order valence-corrected chi connectivity index (χ1v) is 7.62. The van der Waals surface area contributed by atoms with Crippen LogP contribution in [0.15, 0.2) is 53.4 Å². The molecule has 5 heteroatoms. The molecule has 4 nitrogen and oxygen atoms in total. The molecule has 0 aliphatic rings. The summed E-state index contributed by atoms with van der Waals surface area (Å²) in [6.45, 7) is 0.313. The molecule has 0 radical (unpaired) electrons. The lowest BCUT2D eigenvalue weighted by atomic mass is 10.2. The SMILES string of the molecule is CS(=O)(=O)c1cc(N)ccc1OCc1ccccc1. The maximum Gasteiger partial charge on any atom is 0.179 e. The predicted molar refractivity (Wildman–Crippen MR) is 74.7 cm³/mol. The second-order valence-corrected chi connectivity index (χ2v) is 6.24. The summed E-state index contributed by atoms with van der Waals surface area (Å²) in [6.07, 6.45) is 1.14. The Balaban J connectivity index is 2.26. The van der Waals surface area contributed by atoms with Gasteiger partial charge in [0, 0.05) is 11.9 Å². The third-order valence-electron chi connectivity index (χ3n) is 2.60. The van der Waals surface area contributed by atoms with Crippen LogP contribution >= 0.6 is 0 Å². The van der Waals surface area contributed by atoms with Crippen molar-refractivity contribution in [2.45, 2.75) is 11.5 Å². The van der Waals surface area contributed by atoms with Crippen LogP contribution in [-0.2, 0) is 16.4 Å². The molecular weight excluding hydrogens is 262 g/mol. The highest BCUT2D eigenvalue weighted by Gasteiger charge is 2.15. The molecule has 0 saturated heterocycles. The van der Waals surface area contributed by atoms with E-state index in [1.807, 2.05) is 30.3 Å². The van der Waals surface area contributed by atoms with Crippen LogP contribution in [0.3, 0.4) is 0 Å². The Kier molecular flexibility index (Phi) is 3.76. The molecule has 0 atom stereocenters. The third kappa shape index (κ3) is 3.48. The zero-order valence-electron chi connectivity index (χ0n) is 10.5. The molecule has 0 fully saturated rings. The van der Waals surface area contributed by atoms with E-state index in [-0.39, 0.29) is 4.90 Å². The van der Waals surface area contributed by atoms with Gasteiger partial charge in [0.2, 0.25) is 0 Å². The quantitative estimate of drug-likeness (QED) is 0.870. The van der Waals surface area contributed by atoms with Crippen molar-refractivity contribution in [3.8, 4) is 5.75 Å². The first-order chi connectivity index (χ1) is 8.97. The van der Waals surface area contributed by atoms with Crippen molar-refractivity contribution in [2.24, 2.45) is 0 Å². The summed E-state index contributed by atoms with van der Waals surface area (Å²) >= 11 is 0. The van der Waals surface area contributed by atoms with Gasteiger partial charge < -0.3 is 10.5 Å². The molecule has 0 aliphatic heterocycles. The highest BCUT2D eigenvalue weighted by Crippen LogP contribution is 2.26. The monoisotopic (exact) mass is 277 g/mol. The minimum atomic E-state index is -3.37. The fourth-order valence-electron chi connectivity index (χ4n) is 1.67. The summed E-state index contributed by atoms with van der Waals surface area (Å²) in [5.41, 5.74) is 6.98. The molecule has 0 amide bonds. The van der Waals surface area contributed by atoms with E-state index in [0.717, 1.165) is 11.8 Å². The highest BCUT2D eigenvalue weighted by atomic mass is 32.2. The molecule has 0 aliphatic carbocycles. The van der Waals surface area contributed by atoms with Crippen LogP contribution in [0.2, 0.25) is 0 Å². The molecule has 2 rings (SSSR count). The van der Waals surface area contributed by atoms with Crippen LogP contribution in [-0.4, -0.2) is 14.7 Å². The number of anilines is 1. The van der Waals surface area contributed by atoms with Crippen molar-refractivity contribution >= 4 is 15.5 Å². The van der Waals surface area contributed by atoms with E-state index in [4.69, 9.17) is 10.5 Å². The van der Waals surface area contributed by atoms with E-state index in [1.165, 1.54) is 6.07 Å². The fourth-order valence-corrected chi connectivity index (χ4v) is 2.51. The van der Waals surface area contributed by atoms with Gasteiger partial charge in [-0.05, 0) is 23.8 Å². The van der Waals surface area contributed by atoms with Gasteiger partial charge in [0.25, 0.3) is 0 Å². The number of sulfone groups is 1. The van der Waals surface area contributed by atoms with Crippen molar-refractivity contribution < 1.29 is 13.2 Å². The molecule has 2 N–H and O–H groups in total. The van der Waals surface area contributed by atoms with E-state index < -0.39 is 9.84 Å². The first kappa shape index (κ1) is 13.4. The Morgan fingerprint density at radius 1 is 1.11 bits per heavy atom. The van der Waals surface area contributed by atoms with Gasteiger partial charge in [-0.15, -0.1) is 0 Å². The first-order valence-electron chi connectivity index (χ1n) is 5.73. The Bertz CT molecular complexity index is 666. The van der Waals surface area contributed by atoms with Gasteiger partial charge >= 0.3 is 0 Å². The molecule has 0 bridgehead atoms. The van der Waals surface area contributed by atoms with Crippen LogP contribution in [0.25, 0.3) is 0 Å². The molecular formula is C14H15NO3S. The summed E-state index contributed by atoms with van der Waals surface area (Å²) in [5.74, 6) is 0.320. The van der Waals surface area contributed by atoms with Gasteiger partial charge in [-0.25, -0.2) is 8.42 Å². The van der Waals surface area contributed by atoms with Gasteiger partial charge in [0.15, 0.2) is 9.84 Å². The lowest BCUT2D eigenvalue weighted by Gasteiger charge is -2.11. The lowest BCUT2D eigenvalue weighted by molar-refractivity contribution is 0.298. The average Bonchev–Trinajstić information content (AvgIpc) is 2.37. The van der Waals surface area contributed by atoms with Gasteiger partial charge in [-0.3, -0.25) is 0 Å². The van der Waals surface area contributed by atoms with Crippen molar-refractivity contribution in [1.82, 2.24) is 0 Å². The fraction of sp³-hybridized carbons (Fsp3) is 0.143. The molecule has 0 unspecified atom stereocenters. The van der Waals surface area contributed by atoms with E-state index in [2.05, 4.69) is 0 Å². The zero-order valence-corrected chi connectivity index (χ0v) is 11.4. The Morgan fingerprint density at radius 3 is 2.42 bits per heavy atom. The van der Waals surface area contributed by atoms with Crippen LogP contribution in [0.4, 0.5) is 5.69 Å². The number of nitrogen functional groups attached to an aromatic ring is 1. The molecule has 0 spiro atoms. The van der Waals surface area contributed by atoms with Crippen LogP contribution in [0, 0.1) is 0 Å². The van der Waals surface area contributed by atoms with E-state index >= 15 is 0 Å². The van der Waals surface area contributed by atoms with Crippen LogP contribution < -0.4 is 10.5 Å². The smallest absolute Gasteiger partial charge is 0.179 e. The number of hydrogen-bond donors (Lipinski definition) is 1. The molecule has 0 heterocycles. The third-order valence-corrected chi connectivity index (χ3v) is 3.72. The van der Waals surface area contributed by atoms with Crippen molar-refractivity contribution in [2.75, 3.05) is 12.0 Å². The Morgan fingerprint density at radius 2 is 1.79 bits per heavy atom. The maximum atomic E-state index is 11.7. The molecule has 0 aromatic heterocycles. The topological polar surface area (TPSA) is 69.4 Å². The van der Waals surface area contributed by atoms with Crippen molar-refractivity contribution in [1.29, 1.82) is 0 Å². The maximum absolute atomic E-state index is 11.7.